The highest BCUT2D eigenvalue weighted by Crippen LogP contribution is 2.26. The number of fused-ring (bicyclic) bond motifs is 1. The van der Waals surface area contributed by atoms with Gasteiger partial charge in [0.05, 0.1) is 5.56 Å². The zero-order valence-corrected chi connectivity index (χ0v) is 11.6. The van der Waals surface area contributed by atoms with Crippen molar-refractivity contribution in [1.82, 2.24) is 0 Å². The van der Waals surface area contributed by atoms with Gasteiger partial charge in [-0.2, -0.15) is 0 Å². The van der Waals surface area contributed by atoms with E-state index in [1.807, 2.05) is 53.9 Å². The van der Waals surface area contributed by atoms with Crippen molar-refractivity contribution in [3.05, 3.63) is 65.0 Å². The van der Waals surface area contributed by atoms with Crippen LogP contribution in [0.3, 0.4) is 0 Å². The molecule has 0 aliphatic carbocycles. The molecule has 0 saturated heterocycles. The van der Waals surface area contributed by atoms with Crippen LogP contribution in [0, 0.1) is 0 Å². The van der Waals surface area contributed by atoms with Crippen molar-refractivity contribution in [1.29, 1.82) is 0 Å². The molecule has 1 aromatic heterocycles. The van der Waals surface area contributed by atoms with Crippen LogP contribution in [0.1, 0.15) is 15.9 Å². The minimum Gasteiger partial charge on any atom is -0.326 e. The number of carbonyl (C=O) groups excluding carboxylic acids is 1. The van der Waals surface area contributed by atoms with Gasteiger partial charge in [0.15, 0.2) is 0 Å². The number of rotatable bonds is 3. The van der Waals surface area contributed by atoms with Gasteiger partial charge in [-0.05, 0) is 17.7 Å². The number of hydrogen-bond donors (Lipinski definition) is 2. The lowest BCUT2D eigenvalue weighted by Gasteiger charge is -2.09. The molecule has 100 valence electrons. The molecule has 0 fully saturated rings. The molecule has 0 unspecified atom stereocenters. The molecule has 3 N–H and O–H groups in total. The van der Waals surface area contributed by atoms with Crippen molar-refractivity contribution in [3.8, 4) is 0 Å². The van der Waals surface area contributed by atoms with Crippen LogP contribution in [0.2, 0.25) is 0 Å². The van der Waals surface area contributed by atoms with Gasteiger partial charge in [0.2, 0.25) is 0 Å². The van der Waals surface area contributed by atoms with E-state index in [2.05, 4.69) is 5.32 Å². The number of para-hydroxylation sites is 1. The fraction of sp³-hybridized carbons (Fsp3) is 0.0625. The highest BCUT2D eigenvalue weighted by molar-refractivity contribution is 7.17. The van der Waals surface area contributed by atoms with Crippen molar-refractivity contribution in [2.75, 3.05) is 5.32 Å². The Labute approximate surface area is 121 Å². The van der Waals surface area contributed by atoms with Crippen molar-refractivity contribution in [3.63, 3.8) is 0 Å². The minimum atomic E-state index is -0.0941. The molecule has 2 aromatic carbocycles. The molecule has 0 bridgehead atoms. The van der Waals surface area contributed by atoms with Gasteiger partial charge in [0.1, 0.15) is 0 Å². The van der Waals surface area contributed by atoms with Crippen LogP contribution in [-0.4, -0.2) is 5.91 Å². The van der Waals surface area contributed by atoms with Gasteiger partial charge < -0.3 is 11.1 Å². The first-order chi connectivity index (χ1) is 9.79. The normalized spacial score (nSPS) is 10.7. The molecule has 0 aliphatic heterocycles. The summed E-state index contributed by atoms with van der Waals surface area (Å²) >= 11 is 1.58. The zero-order chi connectivity index (χ0) is 13.9. The van der Waals surface area contributed by atoms with Crippen molar-refractivity contribution < 1.29 is 4.79 Å². The van der Waals surface area contributed by atoms with Crippen molar-refractivity contribution >= 4 is 33.0 Å². The van der Waals surface area contributed by atoms with E-state index in [9.17, 15) is 4.79 Å². The minimum absolute atomic E-state index is 0.0941. The third-order valence-electron chi connectivity index (χ3n) is 3.21. The van der Waals surface area contributed by atoms with Gasteiger partial charge >= 0.3 is 0 Å². The largest absolute Gasteiger partial charge is 0.326 e. The summed E-state index contributed by atoms with van der Waals surface area (Å²) in [5.41, 5.74) is 8.10. The summed E-state index contributed by atoms with van der Waals surface area (Å²) in [5, 5.41) is 5.82. The molecule has 0 radical (unpaired) electrons. The quantitative estimate of drug-likeness (QED) is 0.771. The number of nitrogens with one attached hydrogen (secondary N) is 1. The van der Waals surface area contributed by atoms with Crippen LogP contribution >= 0.6 is 11.3 Å². The van der Waals surface area contributed by atoms with E-state index in [4.69, 9.17) is 5.73 Å². The number of amides is 1. The summed E-state index contributed by atoms with van der Waals surface area (Å²) in [6.45, 7) is 0.404. The van der Waals surface area contributed by atoms with Crippen LogP contribution in [0.25, 0.3) is 10.1 Å². The second-order valence-corrected chi connectivity index (χ2v) is 5.37. The SMILES string of the molecule is NCc1ccccc1NC(=O)c1csc2ccccc12. The Bertz CT molecular complexity index is 764. The number of hydrogen-bond acceptors (Lipinski definition) is 3. The monoisotopic (exact) mass is 282 g/mol. The molecule has 0 saturated carbocycles. The average molecular weight is 282 g/mol. The molecule has 0 atom stereocenters. The lowest BCUT2D eigenvalue weighted by atomic mass is 10.1. The van der Waals surface area contributed by atoms with Gasteiger partial charge in [-0.15, -0.1) is 11.3 Å². The van der Waals surface area contributed by atoms with Crippen LogP contribution in [-0.2, 0) is 6.54 Å². The second kappa shape index (κ2) is 5.45. The number of thiophene rings is 1. The third-order valence-corrected chi connectivity index (χ3v) is 4.17. The molecule has 3 nitrogen and oxygen atoms in total. The maximum absolute atomic E-state index is 12.4. The smallest absolute Gasteiger partial charge is 0.257 e. The topological polar surface area (TPSA) is 55.1 Å². The predicted octanol–water partition coefficient (Wildman–Crippen LogP) is 3.61. The summed E-state index contributed by atoms with van der Waals surface area (Å²) in [6, 6.07) is 15.5. The van der Waals surface area contributed by atoms with E-state index in [1.54, 1.807) is 11.3 Å². The second-order valence-electron chi connectivity index (χ2n) is 4.46. The van der Waals surface area contributed by atoms with E-state index in [0.29, 0.717) is 12.1 Å². The van der Waals surface area contributed by atoms with E-state index >= 15 is 0 Å². The zero-order valence-electron chi connectivity index (χ0n) is 10.8. The Morgan fingerprint density at radius 3 is 2.70 bits per heavy atom. The maximum Gasteiger partial charge on any atom is 0.257 e. The molecule has 3 aromatic rings. The van der Waals surface area contributed by atoms with E-state index in [-0.39, 0.29) is 5.91 Å². The molecule has 0 aliphatic rings. The van der Waals surface area contributed by atoms with Crippen LogP contribution in [0.15, 0.2) is 53.9 Å². The highest BCUT2D eigenvalue weighted by Gasteiger charge is 2.13. The first-order valence-electron chi connectivity index (χ1n) is 6.35. The fourth-order valence-corrected chi connectivity index (χ4v) is 3.10. The maximum atomic E-state index is 12.4. The highest BCUT2D eigenvalue weighted by atomic mass is 32.1. The Balaban J connectivity index is 1.93. The van der Waals surface area contributed by atoms with Crippen LogP contribution in [0.4, 0.5) is 5.69 Å². The predicted molar refractivity (Wildman–Crippen MR) is 84.1 cm³/mol. The van der Waals surface area contributed by atoms with E-state index in [0.717, 1.165) is 21.3 Å². The summed E-state index contributed by atoms with van der Waals surface area (Å²) < 4.78 is 1.12. The first kappa shape index (κ1) is 12.8. The van der Waals surface area contributed by atoms with Gasteiger partial charge in [-0.25, -0.2) is 0 Å². The lowest BCUT2D eigenvalue weighted by molar-refractivity contribution is 0.102. The van der Waals surface area contributed by atoms with Crippen molar-refractivity contribution in [2.45, 2.75) is 6.54 Å². The summed E-state index contributed by atoms with van der Waals surface area (Å²) in [4.78, 5) is 12.4. The fourth-order valence-electron chi connectivity index (χ4n) is 2.16. The molecular weight excluding hydrogens is 268 g/mol. The summed E-state index contributed by atoms with van der Waals surface area (Å²) in [6.07, 6.45) is 0. The van der Waals surface area contributed by atoms with Gasteiger partial charge in [-0.3, -0.25) is 4.79 Å². The molecule has 20 heavy (non-hydrogen) atoms. The molecule has 1 heterocycles. The van der Waals surface area contributed by atoms with Gasteiger partial charge in [0, 0.05) is 27.7 Å². The average Bonchev–Trinajstić information content (AvgIpc) is 2.92. The lowest BCUT2D eigenvalue weighted by Crippen LogP contribution is -2.13. The number of nitrogens with two attached hydrogens (primary N) is 1. The van der Waals surface area contributed by atoms with Gasteiger partial charge in [-0.1, -0.05) is 36.4 Å². The standard InChI is InChI=1S/C16H14N2OS/c17-9-11-5-1-3-7-14(11)18-16(19)13-10-20-15-8-4-2-6-12(13)15/h1-8,10H,9,17H2,(H,18,19). The summed E-state index contributed by atoms with van der Waals surface area (Å²) in [5.74, 6) is -0.0941. The van der Waals surface area contributed by atoms with Crippen LogP contribution in [0.5, 0.6) is 0 Å². The Morgan fingerprint density at radius 2 is 1.85 bits per heavy atom. The number of carbonyl (C=O) groups is 1. The summed E-state index contributed by atoms with van der Waals surface area (Å²) in [7, 11) is 0. The molecule has 1 amide bonds. The van der Waals surface area contributed by atoms with Crippen LogP contribution < -0.4 is 11.1 Å². The Kier molecular flexibility index (Phi) is 3.50. The third kappa shape index (κ3) is 2.31. The Hall–Kier alpha value is -2.17. The van der Waals surface area contributed by atoms with Crippen molar-refractivity contribution in [2.24, 2.45) is 5.73 Å². The van der Waals surface area contributed by atoms with E-state index < -0.39 is 0 Å². The number of benzene rings is 2. The number of anilines is 1. The Morgan fingerprint density at radius 1 is 1.10 bits per heavy atom. The van der Waals surface area contributed by atoms with E-state index in [1.165, 1.54) is 0 Å². The van der Waals surface area contributed by atoms with Gasteiger partial charge in [0.25, 0.3) is 5.91 Å². The first-order valence-corrected chi connectivity index (χ1v) is 7.23. The molecule has 3 rings (SSSR count). The molecule has 0 spiro atoms. The molecular formula is C16H14N2OS. The molecule has 4 heteroatoms.